The first kappa shape index (κ1) is 14.9. The van der Waals surface area contributed by atoms with Gasteiger partial charge in [-0.05, 0) is 32.6 Å². The summed E-state index contributed by atoms with van der Waals surface area (Å²) in [6, 6.07) is 0. The van der Waals surface area contributed by atoms with Crippen molar-refractivity contribution < 1.29 is 9.59 Å². The van der Waals surface area contributed by atoms with Crippen LogP contribution in [0.5, 0.6) is 0 Å². The van der Waals surface area contributed by atoms with Gasteiger partial charge >= 0.3 is 0 Å². The first-order valence-electron chi connectivity index (χ1n) is 8.01. The largest absolute Gasteiger partial charge is 0.342 e. The molecule has 2 saturated heterocycles. The molecule has 2 fully saturated rings. The molecular weight excluding hydrogens is 280 g/mol. The molecule has 1 aromatic heterocycles. The SMILES string of the molecule is Cc1ncncc1C(=O)N1CCC(C(=O)N2CCCC2)CC1. The van der Waals surface area contributed by atoms with Crippen LogP contribution in [-0.4, -0.2) is 57.8 Å². The Morgan fingerprint density at radius 3 is 2.41 bits per heavy atom. The molecule has 6 nitrogen and oxygen atoms in total. The van der Waals surface area contributed by atoms with Crippen molar-refractivity contribution in [1.29, 1.82) is 0 Å². The van der Waals surface area contributed by atoms with Crippen molar-refractivity contribution >= 4 is 11.8 Å². The minimum Gasteiger partial charge on any atom is -0.342 e. The minimum atomic E-state index is -0.0230. The molecule has 22 heavy (non-hydrogen) atoms. The summed E-state index contributed by atoms with van der Waals surface area (Å²) in [5.41, 5.74) is 1.27. The lowest BCUT2D eigenvalue weighted by Gasteiger charge is -2.33. The molecule has 0 aliphatic carbocycles. The first-order chi connectivity index (χ1) is 10.7. The van der Waals surface area contributed by atoms with E-state index in [0.29, 0.717) is 24.3 Å². The Hall–Kier alpha value is -1.98. The monoisotopic (exact) mass is 302 g/mol. The number of rotatable bonds is 2. The highest BCUT2D eigenvalue weighted by Gasteiger charge is 2.31. The molecule has 0 bridgehead atoms. The summed E-state index contributed by atoms with van der Waals surface area (Å²) in [5, 5.41) is 0. The number of piperidine rings is 1. The van der Waals surface area contributed by atoms with Gasteiger partial charge < -0.3 is 9.80 Å². The van der Waals surface area contributed by atoms with Crippen molar-refractivity contribution in [2.45, 2.75) is 32.6 Å². The summed E-state index contributed by atoms with van der Waals surface area (Å²) < 4.78 is 0. The lowest BCUT2D eigenvalue weighted by molar-refractivity contribution is -0.135. The van der Waals surface area contributed by atoms with Gasteiger partial charge in [0.15, 0.2) is 0 Å². The van der Waals surface area contributed by atoms with Gasteiger partial charge in [0.2, 0.25) is 5.91 Å². The molecule has 118 valence electrons. The van der Waals surface area contributed by atoms with Crippen LogP contribution in [-0.2, 0) is 4.79 Å². The van der Waals surface area contributed by atoms with Gasteiger partial charge in [-0.25, -0.2) is 9.97 Å². The zero-order valence-corrected chi connectivity index (χ0v) is 13.0. The summed E-state index contributed by atoms with van der Waals surface area (Å²) in [7, 11) is 0. The van der Waals surface area contributed by atoms with Gasteiger partial charge in [-0.15, -0.1) is 0 Å². The van der Waals surface area contributed by atoms with E-state index in [1.165, 1.54) is 6.33 Å². The quantitative estimate of drug-likeness (QED) is 0.825. The molecule has 1 aromatic rings. The van der Waals surface area contributed by atoms with Gasteiger partial charge in [0.05, 0.1) is 11.3 Å². The number of carbonyl (C=O) groups is 2. The van der Waals surface area contributed by atoms with Crippen molar-refractivity contribution in [1.82, 2.24) is 19.8 Å². The summed E-state index contributed by atoms with van der Waals surface area (Å²) >= 11 is 0. The van der Waals surface area contributed by atoms with Crippen molar-refractivity contribution in [3.8, 4) is 0 Å². The summed E-state index contributed by atoms with van der Waals surface area (Å²) in [4.78, 5) is 36.7. The molecule has 3 rings (SSSR count). The van der Waals surface area contributed by atoms with E-state index in [-0.39, 0.29) is 17.7 Å². The highest BCUT2D eigenvalue weighted by molar-refractivity contribution is 5.95. The number of aryl methyl sites for hydroxylation is 1. The predicted molar refractivity (Wildman–Crippen MR) is 81.2 cm³/mol. The average molecular weight is 302 g/mol. The topological polar surface area (TPSA) is 66.4 Å². The van der Waals surface area contributed by atoms with Gasteiger partial charge in [-0.2, -0.15) is 0 Å². The second-order valence-electron chi connectivity index (χ2n) is 6.12. The lowest BCUT2D eigenvalue weighted by Crippen LogP contribution is -2.44. The van der Waals surface area contributed by atoms with Crippen LogP contribution in [0, 0.1) is 12.8 Å². The Bertz CT molecular complexity index is 561. The number of hydrogen-bond acceptors (Lipinski definition) is 4. The van der Waals surface area contributed by atoms with E-state index >= 15 is 0 Å². The molecule has 2 aliphatic rings. The molecule has 3 heterocycles. The molecule has 6 heteroatoms. The van der Waals surface area contributed by atoms with Gasteiger partial charge in [0.25, 0.3) is 5.91 Å². The van der Waals surface area contributed by atoms with Crippen molar-refractivity contribution in [2.24, 2.45) is 5.92 Å². The maximum absolute atomic E-state index is 12.5. The van der Waals surface area contributed by atoms with Crippen molar-refractivity contribution in [3.05, 3.63) is 23.8 Å². The normalized spacial score (nSPS) is 19.5. The Kier molecular flexibility index (Phi) is 4.36. The number of likely N-dealkylation sites (tertiary alicyclic amines) is 2. The molecule has 2 aliphatic heterocycles. The molecule has 0 radical (unpaired) electrons. The first-order valence-corrected chi connectivity index (χ1v) is 8.01. The van der Waals surface area contributed by atoms with Crippen LogP contribution in [0.15, 0.2) is 12.5 Å². The van der Waals surface area contributed by atoms with E-state index < -0.39 is 0 Å². The third kappa shape index (κ3) is 2.96. The molecule has 0 N–H and O–H groups in total. The van der Waals surface area contributed by atoms with Crippen LogP contribution < -0.4 is 0 Å². The molecule has 0 aromatic carbocycles. The third-order valence-corrected chi connectivity index (χ3v) is 4.69. The highest BCUT2D eigenvalue weighted by Crippen LogP contribution is 2.23. The van der Waals surface area contributed by atoms with Crippen LogP contribution in [0.3, 0.4) is 0 Å². The molecule has 0 spiro atoms. The second kappa shape index (κ2) is 6.42. The van der Waals surface area contributed by atoms with Crippen LogP contribution in [0.1, 0.15) is 41.7 Å². The Morgan fingerprint density at radius 1 is 1.09 bits per heavy atom. The molecule has 0 unspecified atom stereocenters. The predicted octanol–water partition coefficient (Wildman–Crippen LogP) is 1.26. The number of aromatic nitrogens is 2. The lowest BCUT2D eigenvalue weighted by atomic mass is 9.95. The fourth-order valence-electron chi connectivity index (χ4n) is 3.30. The van der Waals surface area contributed by atoms with Gasteiger partial charge in [-0.3, -0.25) is 9.59 Å². The number of nitrogens with zero attached hydrogens (tertiary/aromatic N) is 4. The summed E-state index contributed by atoms with van der Waals surface area (Å²) in [6.07, 6.45) is 6.79. The number of amides is 2. The Balaban J connectivity index is 1.58. The summed E-state index contributed by atoms with van der Waals surface area (Å²) in [5.74, 6) is 0.337. The zero-order chi connectivity index (χ0) is 15.5. The summed E-state index contributed by atoms with van der Waals surface area (Å²) in [6.45, 7) is 4.89. The van der Waals surface area contributed by atoms with E-state index in [0.717, 1.165) is 38.8 Å². The molecule has 0 atom stereocenters. The van der Waals surface area contributed by atoms with Crippen LogP contribution in [0.2, 0.25) is 0 Å². The highest BCUT2D eigenvalue weighted by atomic mass is 16.2. The van der Waals surface area contributed by atoms with Crippen molar-refractivity contribution in [3.63, 3.8) is 0 Å². The molecule has 2 amide bonds. The van der Waals surface area contributed by atoms with E-state index in [2.05, 4.69) is 9.97 Å². The van der Waals surface area contributed by atoms with E-state index in [4.69, 9.17) is 0 Å². The van der Waals surface area contributed by atoms with E-state index in [1.54, 1.807) is 6.20 Å². The minimum absolute atomic E-state index is 0.0230. The zero-order valence-electron chi connectivity index (χ0n) is 13.0. The standard InChI is InChI=1S/C16H22N4O2/c1-12-14(10-17-11-18-12)16(22)20-8-4-13(5-9-20)15(21)19-6-2-3-7-19/h10-11,13H,2-9H2,1H3. The van der Waals surface area contributed by atoms with Gasteiger partial charge in [0.1, 0.15) is 6.33 Å². The van der Waals surface area contributed by atoms with E-state index in [1.807, 2.05) is 16.7 Å². The fraction of sp³-hybridized carbons (Fsp3) is 0.625. The average Bonchev–Trinajstić information content (AvgIpc) is 3.09. The fourth-order valence-corrected chi connectivity index (χ4v) is 3.30. The van der Waals surface area contributed by atoms with Crippen molar-refractivity contribution in [2.75, 3.05) is 26.2 Å². The smallest absolute Gasteiger partial charge is 0.257 e. The van der Waals surface area contributed by atoms with E-state index in [9.17, 15) is 9.59 Å². The maximum atomic E-state index is 12.5. The number of hydrogen-bond donors (Lipinski definition) is 0. The Labute approximate surface area is 130 Å². The number of carbonyl (C=O) groups excluding carboxylic acids is 2. The van der Waals surface area contributed by atoms with Crippen LogP contribution in [0.4, 0.5) is 0 Å². The third-order valence-electron chi connectivity index (χ3n) is 4.69. The maximum Gasteiger partial charge on any atom is 0.257 e. The van der Waals surface area contributed by atoms with Crippen LogP contribution in [0.25, 0.3) is 0 Å². The Morgan fingerprint density at radius 2 is 1.77 bits per heavy atom. The molecular formula is C16H22N4O2. The van der Waals surface area contributed by atoms with Gasteiger partial charge in [-0.1, -0.05) is 0 Å². The second-order valence-corrected chi connectivity index (χ2v) is 6.12. The van der Waals surface area contributed by atoms with Gasteiger partial charge in [0, 0.05) is 38.3 Å². The molecule has 0 saturated carbocycles. The van der Waals surface area contributed by atoms with Crippen LogP contribution >= 0.6 is 0 Å².